The smallest absolute Gasteiger partial charge is 0.253 e. The second-order valence-electron chi connectivity index (χ2n) is 7.94. The number of aryl methyl sites for hydroxylation is 1. The summed E-state index contributed by atoms with van der Waals surface area (Å²) >= 11 is 7.91. The van der Waals surface area contributed by atoms with Gasteiger partial charge in [-0.2, -0.15) is 0 Å². The van der Waals surface area contributed by atoms with Gasteiger partial charge in [-0.3, -0.25) is 4.79 Å². The summed E-state index contributed by atoms with van der Waals surface area (Å²) < 4.78 is 25.5. The number of nitrogens with zero attached hydrogens (tertiary/aromatic N) is 3. The molecule has 2 aromatic carbocycles. The molecule has 0 atom stereocenters. The normalized spacial score (nSPS) is 15.1. The van der Waals surface area contributed by atoms with Crippen LogP contribution in [-0.4, -0.2) is 55.6 Å². The highest BCUT2D eigenvalue weighted by atomic mass is 35.5. The number of aromatic nitrogens is 1. The first-order valence-corrected chi connectivity index (χ1v) is 12.9. The van der Waals surface area contributed by atoms with Crippen molar-refractivity contribution >= 4 is 54.0 Å². The van der Waals surface area contributed by atoms with Crippen molar-refractivity contribution in [2.45, 2.75) is 30.9 Å². The third-order valence-corrected chi connectivity index (χ3v) is 9.32. The van der Waals surface area contributed by atoms with Crippen LogP contribution in [0.4, 0.5) is 5.13 Å². The molecule has 1 aliphatic rings. The highest BCUT2D eigenvalue weighted by Gasteiger charge is 2.25. The Kier molecular flexibility index (Phi) is 5.98. The van der Waals surface area contributed by atoms with Gasteiger partial charge in [0.25, 0.3) is 5.91 Å². The summed E-state index contributed by atoms with van der Waals surface area (Å²) in [7, 11) is -3.35. The number of hydrogen-bond donors (Lipinski definition) is 0. The van der Waals surface area contributed by atoms with Gasteiger partial charge in [0.1, 0.15) is 0 Å². The molecule has 0 N–H and O–H groups in total. The van der Waals surface area contributed by atoms with Crippen molar-refractivity contribution in [2.75, 3.05) is 31.1 Å². The summed E-state index contributed by atoms with van der Waals surface area (Å²) in [6, 6.07) is 10.1. The first-order valence-electron chi connectivity index (χ1n) is 10.1. The monoisotopic (exact) mass is 477 g/mol. The number of rotatable bonds is 4. The van der Waals surface area contributed by atoms with Crippen LogP contribution < -0.4 is 4.90 Å². The number of piperazine rings is 1. The molecule has 164 valence electrons. The summed E-state index contributed by atoms with van der Waals surface area (Å²) in [5.74, 6) is -0.0867. The highest BCUT2D eigenvalue weighted by Crippen LogP contribution is 2.35. The van der Waals surface area contributed by atoms with Gasteiger partial charge in [-0.25, -0.2) is 13.4 Å². The zero-order valence-corrected chi connectivity index (χ0v) is 20.0. The van der Waals surface area contributed by atoms with E-state index in [1.165, 1.54) is 12.1 Å². The van der Waals surface area contributed by atoms with E-state index in [0.717, 1.165) is 20.9 Å². The molecule has 6 nitrogen and oxygen atoms in total. The topological polar surface area (TPSA) is 70.6 Å². The van der Waals surface area contributed by atoms with Gasteiger partial charge in [0.05, 0.1) is 25.4 Å². The summed E-state index contributed by atoms with van der Waals surface area (Å²) in [5, 5.41) is 1.13. The molecule has 9 heteroatoms. The first kappa shape index (κ1) is 22.0. The molecule has 0 bridgehead atoms. The Bertz CT molecular complexity index is 1190. The minimum absolute atomic E-state index is 0.0867. The second-order valence-corrected chi connectivity index (χ2v) is 11.8. The number of fused-ring (bicyclic) bond motifs is 1. The van der Waals surface area contributed by atoms with Gasteiger partial charge < -0.3 is 9.80 Å². The van der Waals surface area contributed by atoms with E-state index in [-0.39, 0.29) is 10.8 Å². The number of thiazole rings is 1. The van der Waals surface area contributed by atoms with Gasteiger partial charge in [0.15, 0.2) is 15.0 Å². The van der Waals surface area contributed by atoms with Crippen LogP contribution in [0, 0.1) is 6.92 Å². The maximum absolute atomic E-state index is 12.9. The van der Waals surface area contributed by atoms with Crippen LogP contribution in [0.3, 0.4) is 0 Å². The molecule has 0 saturated carbocycles. The second kappa shape index (κ2) is 8.41. The summed E-state index contributed by atoms with van der Waals surface area (Å²) in [5.41, 5.74) is 2.53. The van der Waals surface area contributed by atoms with Gasteiger partial charge in [0, 0.05) is 31.7 Å². The standard InChI is InChI=1S/C22H24ClN3O3S2/c1-14(2)31(28,29)17-7-5-16(6-8-17)21(27)25-10-12-26(13-11-25)22-24-19-15(3)4-9-18(23)20(19)30-22/h4-9,14H,10-13H2,1-3H3. The van der Waals surface area contributed by atoms with E-state index in [9.17, 15) is 13.2 Å². The van der Waals surface area contributed by atoms with E-state index in [1.54, 1.807) is 42.2 Å². The predicted octanol–water partition coefficient (Wildman–Crippen LogP) is 4.40. The number of hydrogen-bond acceptors (Lipinski definition) is 6. The molecule has 1 aromatic heterocycles. The van der Waals surface area contributed by atoms with Gasteiger partial charge in [-0.15, -0.1) is 0 Å². The maximum Gasteiger partial charge on any atom is 0.253 e. The van der Waals surface area contributed by atoms with Crippen molar-refractivity contribution in [3.8, 4) is 0 Å². The summed E-state index contributed by atoms with van der Waals surface area (Å²) in [4.78, 5) is 21.9. The molecule has 0 spiro atoms. The van der Waals surface area contributed by atoms with Crippen molar-refractivity contribution in [1.29, 1.82) is 0 Å². The number of benzene rings is 2. The molecule has 1 fully saturated rings. The van der Waals surface area contributed by atoms with E-state index in [4.69, 9.17) is 16.6 Å². The van der Waals surface area contributed by atoms with Crippen LogP contribution in [0.15, 0.2) is 41.3 Å². The van der Waals surface area contributed by atoms with Gasteiger partial charge in [0.2, 0.25) is 0 Å². The molecule has 31 heavy (non-hydrogen) atoms. The average molecular weight is 478 g/mol. The lowest BCUT2D eigenvalue weighted by Crippen LogP contribution is -2.48. The number of amides is 1. The highest BCUT2D eigenvalue weighted by molar-refractivity contribution is 7.92. The SMILES string of the molecule is Cc1ccc(Cl)c2sc(N3CCN(C(=O)c4ccc(S(=O)(=O)C(C)C)cc4)CC3)nc12. The predicted molar refractivity (Wildman–Crippen MR) is 126 cm³/mol. The van der Waals surface area contributed by atoms with Crippen LogP contribution in [0.2, 0.25) is 5.02 Å². The first-order chi connectivity index (χ1) is 14.7. The number of sulfone groups is 1. The molecule has 0 unspecified atom stereocenters. The van der Waals surface area contributed by atoms with Crippen LogP contribution in [0.5, 0.6) is 0 Å². The van der Waals surface area contributed by atoms with Crippen molar-refractivity contribution in [3.63, 3.8) is 0 Å². The molecule has 2 heterocycles. The number of carbonyl (C=O) groups excluding carboxylic acids is 1. The van der Waals surface area contributed by atoms with Gasteiger partial charge >= 0.3 is 0 Å². The third kappa shape index (κ3) is 4.16. The fraction of sp³-hybridized carbons (Fsp3) is 0.364. The zero-order valence-electron chi connectivity index (χ0n) is 17.6. The van der Waals surface area contributed by atoms with E-state index < -0.39 is 15.1 Å². The van der Waals surface area contributed by atoms with Crippen LogP contribution in [0.1, 0.15) is 29.8 Å². The fourth-order valence-corrected chi connectivity index (χ4v) is 6.00. The summed E-state index contributed by atoms with van der Waals surface area (Å²) in [6.07, 6.45) is 0. The minimum Gasteiger partial charge on any atom is -0.345 e. The van der Waals surface area contributed by atoms with E-state index in [0.29, 0.717) is 36.8 Å². The molecule has 1 aliphatic heterocycles. The fourth-order valence-electron chi connectivity index (χ4n) is 3.57. The third-order valence-electron chi connectivity index (χ3n) is 5.57. The Morgan fingerprint density at radius 1 is 1.06 bits per heavy atom. The van der Waals surface area contributed by atoms with Crippen molar-refractivity contribution in [1.82, 2.24) is 9.88 Å². The summed E-state index contributed by atoms with van der Waals surface area (Å²) in [6.45, 7) is 7.84. The van der Waals surface area contributed by atoms with Crippen LogP contribution >= 0.6 is 22.9 Å². The Morgan fingerprint density at radius 3 is 2.29 bits per heavy atom. The molecule has 3 aromatic rings. The lowest BCUT2D eigenvalue weighted by atomic mass is 10.2. The Balaban J connectivity index is 1.45. The average Bonchev–Trinajstić information content (AvgIpc) is 3.23. The van der Waals surface area contributed by atoms with Gasteiger partial charge in [-0.1, -0.05) is 29.0 Å². The largest absolute Gasteiger partial charge is 0.345 e. The molecular weight excluding hydrogens is 454 g/mol. The van der Waals surface area contributed by atoms with Gasteiger partial charge in [-0.05, 0) is 56.7 Å². The number of carbonyl (C=O) groups is 1. The Morgan fingerprint density at radius 2 is 1.71 bits per heavy atom. The van der Waals surface area contributed by atoms with Crippen molar-refractivity contribution in [2.24, 2.45) is 0 Å². The van der Waals surface area contributed by atoms with Crippen LogP contribution in [0.25, 0.3) is 10.2 Å². The Hall–Kier alpha value is -2.16. The van der Waals surface area contributed by atoms with Crippen molar-refractivity contribution in [3.05, 3.63) is 52.5 Å². The molecule has 4 rings (SSSR count). The minimum atomic E-state index is -3.35. The molecule has 1 amide bonds. The molecular formula is C22H24ClN3O3S2. The lowest BCUT2D eigenvalue weighted by Gasteiger charge is -2.34. The zero-order chi connectivity index (χ0) is 22.3. The quantitative estimate of drug-likeness (QED) is 0.557. The van der Waals surface area contributed by atoms with Crippen LogP contribution in [-0.2, 0) is 9.84 Å². The number of halogens is 1. The van der Waals surface area contributed by atoms with E-state index >= 15 is 0 Å². The van der Waals surface area contributed by atoms with E-state index in [1.807, 2.05) is 19.1 Å². The molecule has 1 saturated heterocycles. The lowest BCUT2D eigenvalue weighted by molar-refractivity contribution is 0.0746. The number of anilines is 1. The maximum atomic E-state index is 12.9. The molecule has 0 aliphatic carbocycles. The van der Waals surface area contributed by atoms with E-state index in [2.05, 4.69) is 4.90 Å². The van der Waals surface area contributed by atoms with Crippen molar-refractivity contribution < 1.29 is 13.2 Å². The molecule has 0 radical (unpaired) electrons. The Labute approximate surface area is 191 Å².